The van der Waals surface area contributed by atoms with Gasteiger partial charge in [-0.3, -0.25) is 0 Å². The molecule has 0 bridgehead atoms. The number of fused-ring (bicyclic) bond motifs is 4. The summed E-state index contributed by atoms with van der Waals surface area (Å²) in [6.45, 7) is 4.08. The van der Waals surface area contributed by atoms with E-state index in [0.717, 1.165) is 61.4 Å². The highest BCUT2D eigenvalue weighted by molar-refractivity contribution is 6.12. The molecule has 4 heteroatoms. The molecular weight excluding hydrogens is 536 g/mol. The maximum Gasteiger partial charge on any atom is 0.160 e. The van der Waals surface area contributed by atoms with Gasteiger partial charge >= 0.3 is 0 Å². The van der Waals surface area contributed by atoms with Crippen LogP contribution in [-0.2, 0) is 0 Å². The largest absolute Gasteiger partial charge is 0.356 e. The molecule has 0 aliphatic heterocycles. The first-order valence-corrected chi connectivity index (χ1v) is 14.7. The van der Waals surface area contributed by atoms with Crippen LogP contribution < -0.4 is 5.32 Å². The van der Waals surface area contributed by atoms with E-state index in [0.29, 0.717) is 5.82 Å². The van der Waals surface area contributed by atoms with Gasteiger partial charge in [0.25, 0.3) is 0 Å². The van der Waals surface area contributed by atoms with Crippen molar-refractivity contribution in [3.8, 4) is 28.3 Å². The Morgan fingerprint density at radius 3 is 2.18 bits per heavy atom. The van der Waals surface area contributed by atoms with E-state index in [9.17, 15) is 0 Å². The van der Waals surface area contributed by atoms with Crippen LogP contribution in [0.4, 0.5) is 11.4 Å². The van der Waals surface area contributed by atoms with Gasteiger partial charge in [-0.15, -0.1) is 0 Å². The summed E-state index contributed by atoms with van der Waals surface area (Å²) in [5.41, 5.74) is 9.11. The van der Waals surface area contributed by atoms with E-state index in [2.05, 4.69) is 144 Å². The summed E-state index contributed by atoms with van der Waals surface area (Å²) in [6.07, 6.45) is 1.90. The molecule has 8 rings (SSSR count). The van der Waals surface area contributed by atoms with Crippen LogP contribution in [0.3, 0.4) is 0 Å². The molecule has 208 valence electrons. The van der Waals surface area contributed by atoms with Crippen LogP contribution >= 0.6 is 0 Å². The molecular formula is C40H28N4. The second-order valence-corrected chi connectivity index (χ2v) is 10.9. The van der Waals surface area contributed by atoms with Crippen molar-refractivity contribution in [3.63, 3.8) is 0 Å². The highest BCUT2D eigenvalue weighted by Crippen LogP contribution is 2.36. The second-order valence-electron chi connectivity index (χ2n) is 10.9. The van der Waals surface area contributed by atoms with Crippen LogP contribution in [-0.4, -0.2) is 14.5 Å². The molecule has 0 atom stereocenters. The summed E-state index contributed by atoms with van der Waals surface area (Å²) in [7, 11) is 0. The predicted molar refractivity (Wildman–Crippen MR) is 185 cm³/mol. The van der Waals surface area contributed by atoms with Gasteiger partial charge in [-0.1, -0.05) is 97.6 Å². The van der Waals surface area contributed by atoms with Crippen LogP contribution in [0, 0.1) is 0 Å². The summed E-state index contributed by atoms with van der Waals surface area (Å²) in [5, 5.41) is 8.02. The second kappa shape index (κ2) is 10.7. The Morgan fingerprint density at radius 1 is 0.591 bits per heavy atom. The zero-order chi connectivity index (χ0) is 29.5. The molecule has 0 spiro atoms. The Kier molecular flexibility index (Phi) is 6.24. The molecule has 8 aromatic rings. The summed E-state index contributed by atoms with van der Waals surface area (Å²) >= 11 is 0. The van der Waals surface area contributed by atoms with Crippen molar-refractivity contribution in [2.24, 2.45) is 0 Å². The molecule has 0 unspecified atom stereocenters. The molecule has 0 saturated heterocycles. The van der Waals surface area contributed by atoms with Crippen LogP contribution in [0.2, 0.25) is 0 Å². The van der Waals surface area contributed by atoms with Gasteiger partial charge < -0.3 is 9.88 Å². The third-order valence-electron chi connectivity index (χ3n) is 8.12. The van der Waals surface area contributed by atoms with E-state index in [-0.39, 0.29) is 0 Å². The lowest BCUT2D eigenvalue weighted by Crippen LogP contribution is -1.99. The van der Waals surface area contributed by atoms with Gasteiger partial charge in [0.2, 0.25) is 0 Å². The molecule has 0 aliphatic rings. The Hall–Kier alpha value is -6.00. The molecule has 1 N–H and O–H groups in total. The maximum atomic E-state index is 5.27. The average Bonchev–Trinajstić information content (AvgIpc) is 3.47. The lowest BCUT2D eigenvalue weighted by atomic mass is 9.99. The van der Waals surface area contributed by atoms with Crippen LogP contribution in [0.15, 0.2) is 152 Å². The number of benzene rings is 6. The minimum absolute atomic E-state index is 0.688. The predicted octanol–water partition coefficient (Wildman–Crippen LogP) is 10.4. The monoisotopic (exact) mass is 564 g/mol. The number of anilines is 2. The van der Waals surface area contributed by atoms with Crippen molar-refractivity contribution in [1.82, 2.24) is 14.5 Å². The van der Waals surface area contributed by atoms with Crippen molar-refractivity contribution in [3.05, 3.63) is 158 Å². The fourth-order valence-corrected chi connectivity index (χ4v) is 6.04. The molecule has 6 aromatic carbocycles. The van der Waals surface area contributed by atoms with Gasteiger partial charge in [0, 0.05) is 44.7 Å². The van der Waals surface area contributed by atoms with E-state index in [1.165, 1.54) is 10.8 Å². The number of hydrogen-bond donors (Lipinski definition) is 1. The fourth-order valence-electron chi connectivity index (χ4n) is 6.04. The van der Waals surface area contributed by atoms with Crippen LogP contribution in [0.25, 0.3) is 67.0 Å². The van der Waals surface area contributed by atoms with Crippen LogP contribution in [0.5, 0.6) is 0 Å². The molecule has 2 aromatic heterocycles. The summed E-state index contributed by atoms with van der Waals surface area (Å²) < 4.78 is 2.24. The Balaban J connectivity index is 1.29. The van der Waals surface area contributed by atoms with Crippen molar-refractivity contribution in [2.45, 2.75) is 0 Å². The third kappa shape index (κ3) is 4.50. The van der Waals surface area contributed by atoms with Gasteiger partial charge in [0.1, 0.15) is 0 Å². The molecule has 4 nitrogen and oxygen atoms in total. The zero-order valence-electron chi connectivity index (χ0n) is 24.0. The molecule has 44 heavy (non-hydrogen) atoms. The Morgan fingerprint density at radius 2 is 1.34 bits per heavy atom. The number of aromatic nitrogens is 3. The molecule has 0 aliphatic carbocycles. The number of rotatable bonds is 6. The van der Waals surface area contributed by atoms with E-state index in [4.69, 9.17) is 9.97 Å². The summed E-state index contributed by atoms with van der Waals surface area (Å²) in [6, 6.07) is 50.4. The Labute approximate surface area is 255 Å². The summed E-state index contributed by atoms with van der Waals surface area (Å²) in [4.78, 5) is 10.4. The minimum atomic E-state index is 0.688. The highest BCUT2D eigenvalue weighted by atomic mass is 15.0. The smallest absolute Gasteiger partial charge is 0.160 e. The zero-order valence-corrected chi connectivity index (χ0v) is 24.0. The number of hydrogen-bond acceptors (Lipinski definition) is 3. The topological polar surface area (TPSA) is 42.7 Å². The van der Waals surface area contributed by atoms with E-state index >= 15 is 0 Å². The first-order chi connectivity index (χ1) is 21.7. The molecule has 2 heterocycles. The van der Waals surface area contributed by atoms with Crippen molar-refractivity contribution in [1.29, 1.82) is 0 Å². The molecule has 0 fully saturated rings. The normalized spacial score (nSPS) is 11.3. The third-order valence-corrected chi connectivity index (χ3v) is 8.12. The van der Waals surface area contributed by atoms with E-state index in [1.54, 1.807) is 0 Å². The molecule has 0 saturated carbocycles. The minimum Gasteiger partial charge on any atom is -0.356 e. The van der Waals surface area contributed by atoms with Crippen molar-refractivity contribution < 1.29 is 0 Å². The SMILES string of the molecule is C=Cc1cc2ccccc2n1-c1cccc(-c2nc(-c3ccc(Nc4ccccc4)cc3)c3c(ccc4ccccc43)n2)c1. The van der Waals surface area contributed by atoms with Gasteiger partial charge in [0.15, 0.2) is 5.82 Å². The lowest BCUT2D eigenvalue weighted by molar-refractivity contribution is 1.11. The Bertz CT molecular complexity index is 2320. The quantitative estimate of drug-likeness (QED) is 0.204. The number of para-hydroxylation sites is 2. The van der Waals surface area contributed by atoms with E-state index < -0.39 is 0 Å². The average molecular weight is 565 g/mol. The number of nitrogens with one attached hydrogen (secondary N) is 1. The van der Waals surface area contributed by atoms with Gasteiger partial charge in [0.05, 0.1) is 16.7 Å². The first kappa shape index (κ1) is 25.7. The van der Waals surface area contributed by atoms with Gasteiger partial charge in [-0.05, 0) is 71.4 Å². The molecule has 0 radical (unpaired) electrons. The fraction of sp³-hybridized carbons (Fsp3) is 0. The highest BCUT2D eigenvalue weighted by Gasteiger charge is 2.16. The van der Waals surface area contributed by atoms with E-state index in [1.807, 2.05) is 24.3 Å². The van der Waals surface area contributed by atoms with Gasteiger partial charge in [-0.25, -0.2) is 9.97 Å². The first-order valence-electron chi connectivity index (χ1n) is 14.7. The lowest BCUT2D eigenvalue weighted by Gasteiger charge is -2.14. The maximum absolute atomic E-state index is 5.27. The summed E-state index contributed by atoms with van der Waals surface area (Å²) in [5.74, 6) is 0.688. The standard InChI is InChI=1S/C40H28N4/c1-2-33-25-29-12-7-9-18-37(29)44(33)34-16-10-13-30(26-34)40-42-36-24-21-27-11-6-8-17-35(27)38(36)39(43-40)28-19-22-32(23-20-28)41-31-14-4-3-5-15-31/h2-26,41H,1H2. The van der Waals surface area contributed by atoms with Crippen LogP contribution in [0.1, 0.15) is 5.69 Å². The number of nitrogens with zero attached hydrogens (tertiary/aromatic N) is 3. The van der Waals surface area contributed by atoms with Crippen molar-refractivity contribution >= 4 is 50.0 Å². The molecule has 0 amide bonds. The van der Waals surface area contributed by atoms with Crippen molar-refractivity contribution in [2.75, 3.05) is 5.32 Å². The van der Waals surface area contributed by atoms with Gasteiger partial charge in [-0.2, -0.15) is 0 Å².